The number of nitrogens with one attached hydrogen (secondary N) is 3. The lowest BCUT2D eigenvalue weighted by Crippen LogP contribution is -2.25. The molecule has 0 saturated carbocycles. The van der Waals surface area contributed by atoms with Crippen LogP contribution in [0.5, 0.6) is 0 Å². The minimum Gasteiger partial charge on any atom is -0.347 e. The first kappa shape index (κ1) is 12.9. The maximum atomic E-state index is 12.3. The molecule has 104 valence electrons. The van der Waals surface area contributed by atoms with Crippen molar-refractivity contribution in [2.45, 2.75) is 18.9 Å². The fourth-order valence-electron chi connectivity index (χ4n) is 2.63. The normalized spacial score (nSPS) is 18.1. The van der Waals surface area contributed by atoms with Crippen LogP contribution in [0.1, 0.15) is 34.1 Å². The van der Waals surface area contributed by atoms with Crippen molar-refractivity contribution < 1.29 is 4.79 Å². The van der Waals surface area contributed by atoms with Gasteiger partial charge in [-0.15, -0.1) is 0 Å². The number of carbonyl (C=O) groups excluding carboxylic acids is 1. The van der Waals surface area contributed by atoms with E-state index >= 15 is 0 Å². The van der Waals surface area contributed by atoms with E-state index in [1.807, 2.05) is 18.2 Å². The third-order valence-electron chi connectivity index (χ3n) is 3.68. The standard InChI is InChI=1S/C15H18N4O/c20-15(19-10-14-17-7-8-18-14)13-4-2-1-3-12(13)11-5-6-16-9-11/h1-4,7-8,11,16H,5-6,9-10H2,(H,17,18)(H,19,20)/t11-/m1/s1. The maximum Gasteiger partial charge on any atom is 0.251 e. The molecule has 1 aromatic heterocycles. The Balaban J connectivity index is 1.73. The highest BCUT2D eigenvalue weighted by Crippen LogP contribution is 2.25. The Hall–Kier alpha value is -2.14. The molecule has 1 fully saturated rings. The van der Waals surface area contributed by atoms with Crippen molar-refractivity contribution in [2.75, 3.05) is 13.1 Å². The van der Waals surface area contributed by atoms with Crippen LogP contribution >= 0.6 is 0 Å². The number of benzene rings is 1. The zero-order valence-electron chi connectivity index (χ0n) is 11.2. The van der Waals surface area contributed by atoms with Gasteiger partial charge >= 0.3 is 0 Å². The van der Waals surface area contributed by atoms with Gasteiger partial charge in [-0.1, -0.05) is 18.2 Å². The molecule has 0 unspecified atom stereocenters. The molecule has 1 amide bonds. The number of H-pyrrole nitrogens is 1. The number of rotatable bonds is 4. The Morgan fingerprint density at radius 3 is 3.05 bits per heavy atom. The highest BCUT2D eigenvalue weighted by molar-refractivity contribution is 5.95. The Kier molecular flexibility index (Phi) is 3.78. The summed E-state index contributed by atoms with van der Waals surface area (Å²) in [6.45, 7) is 2.39. The average Bonchev–Trinajstić information content (AvgIpc) is 3.18. The molecule has 0 spiro atoms. The molecule has 0 radical (unpaired) electrons. The molecule has 3 rings (SSSR count). The summed E-state index contributed by atoms with van der Waals surface area (Å²) < 4.78 is 0. The number of aromatic amines is 1. The molecule has 2 heterocycles. The first-order valence-corrected chi connectivity index (χ1v) is 6.90. The molecule has 2 aromatic rings. The molecule has 5 heteroatoms. The summed E-state index contributed by atoms with van der Waals surface area (Å²) in [6, 6.07) is 7.86. The molecule has 0 bridgehead atoms. The van der Waals surface area contributed by atoms with Gasteiger partial charge in [0.15, 0.2) is 0 Å². The van der Waals surface area contributed by atoms with Gasteiger partial charge in [0.2, 0.25) is 0 Å². The second-order valence-electron chi connectivity index (χ2n) is 5.00. The summed E-state index contributed by atoms with van der Waals surface area (Å²) in [5, 5.41) is 6.26. The van der Waals surface area contributed by atoms with Crippen LogP contribution in [0, 0.1) is 0 Å². The van der Waals surface area contributed by atoms with Crippen molar-refractivity contribution >= 4 is 5.91 Å². The van der Waals surface area contributed by atoms with Crippen LogP contribution in [-0.2, 0) is 6.54 Å². The van der Waals surface area contributed by atoms with Crippen molar-refractivity contribution in [3.8, 4) is 0 Å². The van der Waals surface area contributed by atoms with Crippen LogP contribution in [0.3, 0.4) is 0 Å². The number of nitrogens with zero attached hydrogens (tertiary/aromatic N) is 1. The number of imidazole rings is 1. The van der Waals surface area contributed by atoms with E-state index in [4.69, 9.17) is 0 Å². The van der Waals surface area contributed by atoms with Gasteiger partial charge in [-0.3, -0.25) is 4.79 Å². The zero-order valence-corrected chi connectivity index (χ0v) is 11.2. The van der Waals surface area contributed by atoms with Crippen molar-refractivity contribution in [3.63, 3.8) is 0 Å². The van der Waals surface area contributed by atoms with E-state index in [0.717, 1.165) is 36.5 Å². The molecule has 1 saturated heterocycles. The summed E-state index contributed by atoms with van der Waals surface area (Å²) in [5.41, 5.74) is 1.90. The summed E-state index contributed by atoms with van der Waals surface area (Å²) in [7, 11) is 0. The third kappa shape index (κ3) is 2.72. The van der Waals surface area contributed by atoms with E-state index in [0.29, 0.717) is 12.5 Å². The van der Waals surface area contributed by atoms with Crippen LogP contribution in [-0.4, -0.2) is 29.0 Å². The lowest BCUT2D eigenvalue weighted by atomic mass is 9.93. The number of amides is 1. The summed E-state index contributed by atoms with van der Waals surface area (Å²) >= 11 is 0. The van der Waals surface area contributed by atoms with E-state index in [1.54, 1.807) is 12.4 Å². The lowest BCUT2D eigenvalue weighted by molar-refractivity contribution is 0.0948. The highest BCUT2D eigenvalue weighted by Gasteiger charge is 2.21. The Morgan fingerprint density at radius 2 is 2.30 bits per heavy atom. The summed E-state index contributed by atoms with van der Waals surface area (Å²) in [4.78, 5) is 19.4. The molecular formula is C15H18N4O. The summed E-state index contributed by atoms with van der Waals surface area (Å²) in [6.07, 6.45) is 4.52. The van der Waals surface area contributed by atoms with Crippen molar-refractivity contribution in [1.82, 2.24) is 20.6 Å². The van der Waals surface area contributed by atoms with E-state index in [2.05, 4.69) is 26.7 Å². The fraction of sp³-hybridized carbons (Fsp3) is 0.333. The Bertz CT molecular complexity index is 573. The molecule has 1 aliphatic rings. The lowest BCUT2D eigenvalue weighted by Gasteiger charge is -2.14. The van der Waals surface area contributed by atoms with E-state index < -0.39 is 0 Å². The van der Waals surface area contributed by atoms with Gasteiger partial charge < -0.3 is 15.6 Å². The first-order chi connectivity index (χ1) is 9.84. The molecule has 20 heavy (non-hydrogen) atoms. The van der Waals surface area contributed by atoms with Crippen LogP contribution < -0.4 is 10.6 Å². The van der Waals surface area contributed by atoms with E-state index in [-0.39, 0.29) is 5.91 Å². The van der Waals surface area contributed by atoms with Gasteiger partial charge in [0.05, 0.1) is 6.54 Å². The summed E-state index contributed by atoms with van der Waals surface area (Å²) in [5.74, 6) is 1.16. The minimum absolute atomic E-state index is 0.0381. The number of hydrogen-bond donors (Lipinski definition) is 3. The van der Waals surface area contributed by atoms with Crippen LogP contribution in [0.15, 0.2) is 36.7 Å². The number of aromatic nitrogens is 2. The van der Waals surface area contributed by atoms with Crippen molar-refractivity contribution in [2.24, 2.45) is 0 Å². The van der Waals surface area contributed by atoms with Crippen LogP contribution in [0.4, 0.5) is 0 Å². The second kappa shape index (κ2) is 5.88. The quantitative estimate of drug-likeness (QED) is 0.787. The number of hydrogen-bond acceptors (Lipinski definition) is 3. The zero-order chi connectivity index (χ0) is 13.8. The largest absolute Gasteiger partial charge is 0.347 e. The van der Waals surface area contributed by atoms with Gasteiger partial charge in [0, 0.05) is 24.5 Å². The first-order valence-electron chi connectivity index (χ1n) is 6.90. The van der Waals surface area contributed by atoms with Crippen LogP contribution in [0.25, 0.3) is 0 Å². The van der Waals surface area contributed by atoms with Crippen LogP contribution in [0.2, 0.25) is 0 Å². The van der Waals surface area contributed by atoms with E-state index in [9.17, 15) is 4.79 Å². The van der Waals surface area contributed by atoms with Gasteiger partial charge in [0.25, 0.3) is 5.91 Å². The van der Waals surface area contributed by atoms with Gasteiger partial charge in [-0.05, 0) is 30.5 Å². The fourth-order valence-corrected chi connectivity index (χ4v) is 2.63. The van der Waals surface area contributed by atoms with Gasteiger partial charge in [-0.25, -0.2) is 4.98 Å². The Labute approximate surface area is 117 Å². The molecule has 5 nitrogen and oxygen atoms in total. The Morgan fingerprint density at radius 1 is 1.40 bits per heavy atom. The smallest absolute Gasteiger partial charge is 0.251 e. The van der Waals surface area contributed by atoms with Crippen molar-refractivity contribution in [1.29, 1.82) is 0 Å². The second-order valence-corrected chi connectivity index (χ2v) is 5.00. The average molecular weight is 270 g/mol. The molecule has 1 aliphatic heterocycles. The van der Waals surface area contributed by atoms with Crippen molar-refractivity contribution in [3.05, 3.63) is 53.6 Å². The molecule has 0 aliphatic carbocycles. The molecular weight excluding hydrogens is 252 g/mol. The highest BCUT2D eigenvalue weighted by atomic mass is 16.1. The predicted octanol–water partition coefficient (Wildman–Crippen LogP) is 1.42. The minimum atomic E-state index is -0.0381. The topological polar surface area (TPSA) is 69.8 Å². The SMILES string of the molecule is O=C(NCc1ncc[nH]1)c1ccccc1[C@@H]1CCNC1. The maximum absolute atomic E-state index is 12.3. The molecule has 3 N–H and O–H groups in total. The number of carbonyl (C=O) groups is 1. The van der Waals surface area contributed by atoms with E-state index in [1.165, 1.54) is 0 Å². The third-order valence-corrected chi connectivity index (χ3v) is 3.68. The van der Waals surface area contributed by atoms with Gasteiger partial charge in [0.1, 0.15) is 5.82 Å². The van der Waals surface area contributed by atoms with Gasteiger partial charge in [-0.2, -0.15) is 0 Å². The monoisotopic (exact) mass is 270 g/mol. The molecule has 1 atom stereocenters. The predicted molar refractivity (Wildman–Crippen MR) is 76.4 cm³/mol. The molecule has 1 aromatic carbocycles.